The van der Waals surface area contributed by atoms with E-state index in [1.807, 2.05) is 30.8 Å². The smallest absolute Gasteiger partial charge is 0.319 e. The molecule has 1 aliphatic rings. The van der Waals surface area contributed by atoms with Crippen LogP contribution in [-0.2, 0) is 0 Å². The zero-order valence-corrected chi connectivity index (χ0v) is 12.8. The molecule has 0 unspecified atom stereocenters. The predicted octanol–water partition coefficient (Wildman–Crippen LogP) is 1.87. The van der Waals surface area contributed by atoms with Gasteiger partial charge in [0, 0.05) is 33.2 Å². The number of urea groups is 1. The maximum atomic E-state index is 11.8. The van der Waals surface area contributed by atoms with E-state index < -0.39 is 0 Å². The number of piperidine rings is 1. The first-order valence-electron chi connectivity index (χ1n) is 6.83. The topological polar surface area (TPSA) is 35.6 Å². The molecule has 1 N–H and O–H groups in total. The summed E-state index contributed by atoms with van der Waals surface area (Å²) < 4.78 is 0. The van der Waals surface area contributed by atoms with E-state index in [0.29, 0.717) is 6.04 Å². The van der Waals surface area contributed by atoms with Crippen molar-refractivity contribution in [2.75, 3.05) is 45.7 Å². The minimum atomic E-state index is 0.147. The molecule has 0 bridgehead atoms. The van der Waals surface area contributed by atoms with Crippen molar-refractivity contribution in [3.8, 4) is 0 Å². The summed E-state index contributed by atoms with van der Waals surface area (Å²) in [6.45, 7) is 2.89. The average Bonchev–Trinajstić information content (AvgIpc) is 2.38. The van der Waals surface area contributed by atoms with Gasteiger partial charge in [-0.3, -0.25) is 0 Å². The fraction of sp³-hybridized carbons (Fsp3) is 0.923. The lowest BCUT2D eigenvalue weighted by molar-refractivity contribution is 0.152. The summed E-state index contributed by atoms with van der Waals surface area (Å²) in [5.74, 6) is 1.26. The average molecular weight is 273 g/mol. The zero-order valence-electron chi connectivity index (χ0n) is 11.9. The summed E-state index contributed by atoms with van der Waals surface area (Å²) >= 11 is 1.92. The Hall–Kier alpha value is -0.420. The van der Waals surface area contributed by atoms with Crippen molar-refractivity contribution in [2.24, 2.45) is 0 Å². The Morgan fingerprint density at radius 1 is 1.33 bits per heavy atom. The monoisotopic (exact) mass is 273 g/mol. The third-order valence-corrected chi connectivity index (χ3v) is 4.05. The van der Waals surface area contributed by atoms with Crippen LogP contribution in [0.25, 0.3) is 0 Å². The number of rotatable bonds is 6. The molecular formula is C13H27N3OS. The molecular weight excluding hydrogens is 246 g/mol. The number of thioether (sulfide) groups is 1. The summed E-state index contributed by atoms with van der Waals surface area (Å²) in [7, 11) is 3.64. The number of likely N-dealkylation sites (tertiary alicyclic amines) is 1. The quantitative estimate of drug-likeness (QED) is 0.750. The standard InChI is InChI=1S/C13H27N3OS/c1-15(2)13(17)16-9-6-12(7-10-16)14-8-4-5-11-18-3/h12,14H,4-11H2,1-3H3. The maximum absolute atomic E-state index is 11.8. The molecule has 0 aromatic carbocycles. The van der Waals surface area contributed by atoms with E-state index in [2.05, 4.69) is 11.6 Å². The number of nitrogens with zero attached hydrogens (tertiary/aromatic N) is 2. The van der Waals surface area contributed by atoms with Crippen molar-refractivity contribution in [1.29, 1.82) is 0 Å². The van der Waals surface area contributed by atoms with Crippen molar-refractivity contribution in [1.82, 2.24) is 15.1 Å². The largest absolute Gasteiger partial charge is 0.331 e. The molecule has 5 heteroatoms. The van der Waals surface area contributed by atoms with Gasteiger partial charge in [0.05, 0.1) is 0 Å². The highest BCUT2D eigenvalue weighted by Gasteiger charge is 2.22. The van der Waals surface area contributed by atoms with Gasteiger partial charge in [0.25, 0.3) is 0 Å². The van der Waals surface area contributed by atoms with Crippen LogP contribution in [0.1, 0.15) is 25.7 Å². The van der Waals surface area contributed by atoms with Gasteiger partial charge in [0.1, 0.15) is 0 Å². The first-order valence-corrected chi connectivity index (χ1v) is 8.23. The van der Waals surface area contributed by atoms with E-state index in [-0.39, 0.29) is 6.03 Å². The van der Waals surface area contributed by atoms with Crippen LogP contribution in [0.3, 0.4) is 0 Å². The third-order valence-electron chi connectivity index (χ3n) is 3.36. The fourth-order valence-electron chi connectivity index (χ4n) is 2.24. The van der Waals surface area contributed by atoms with Crippen molar-refractivity contribution in [3.05, 3.63) is 0 Å². The molecule has 1 saturated heterocycles. The van der Waals surface area contributed by atoms with Crippen LogP contribution in [0.2, 0.25) is 0 Å². The van der Waals surface area contributed by atoms with E-state index >= 15 is 0 Å². The molecule has 0 saturated carbocycles. The van der Waals surface area contributed by atoms with Crippen LogP contribution in [0.4, 0.5) is 4.79 Å². The Labute approximate surface area is 115 Å². The zero-order chi connectivity index (χ0) is 13.4. The van der Waals surface area contributed by atoms with E-state index in [4.69, 9.17) is 0 Å². The Morgan fingerprint density at radius 2 is 2.00 bits per heavy atom. The lowest BCUT2D eigenvalue weighted by Crippen LogP contribution is -2.48. The van der Waals surface area contributed by atoms with Gasteiger partial charge < -0.3 is 15.1 Å². The molecule has 18 heavy (non-hydrogen) atoms. The second-order valence-electron chi connectivity index (χ2n) is 5.09. The molecule has 1 aliphatic heterocycles. The van der Waals surface area contributed by atoms with Gasteiger partial charge in [-0.05, 0) is 44.2 Å². The molecule has 0 aromatic rings. The second kappa shape index (κ2) is 8.64. The molecule has 106 valence electrons. The van der Waals surface area contributed by atoms with Crippen LogP contribution in [-0.4, -0.2) is 67.6 Å². The second-order valence-corrected chi connectivity index (χ2v) is 6.08. The summed E-state index contributed by atoms with van der Waals surface area (Å²) in [6.07, 6.45) is 6.89. The molecule has 0 aliphatic carbocycles. The lowest BCUT2D eigenvalue weighted by Gasteiger charge is -2.34. The molecule has 0 radical (unpaired) electrons. The van der Waals surface area contributed by atoms with Crippen LogP contribution >= 0.6 is 11.8 Å². The molecule has 2 amide bonds. The summed E-state index contributed by atoms with van der Waals surface area (Å²) in [4.78, 5) is 15.4. The fourth-order valence-corrected chi connectivity index (χ4v) is 2.73. The normalized spacial score (nSPS) is 16.9. The SMILES string of the molecule is CSCCCCNC1CCN(C(=O)N(C)C)CC1. The predicted molar refractivity (Wildman–Crippen MR) is 79.3 cm³/mol. The number of carbonyl (C=O) groups is 1. The Bertz CT molecular complexity index is 240. The lowest BCUT2D eigenvalue weighted by atomic mass is 10.1. The molecule has 0 atom stereocenters. The number of unbranched alkanes of at least 4 members (excludes halogenated alkanes) is 1. The molecule has 0 spiro atoms. The molecule has 1 fully saturated rings. The summed E-state index contributed by atoms with van der Waals surface area (Å²) in [6, 6.07) is 0.749. The van der Waals surface area contributed by atoms with E-state index in [1.165, 1.54) is 18.6 Å². The molecule has 1 rings (SSSR count). The van der Waals surface area contributed by atoms with E-state index in [9.17, 15) is 4.79 Å². The van der Waals surface area contributed by atoms with Gasteiger partial charge >= 0.3 is 6.03 Å². The van der Waals surface area contributed by atoms with Gasteiger partial charge in [-0.25, -0.2) is 4.79 Å². The third kappa shape index (κ3) is 5.48. The number of nitrogens with one attached hydrogen (secondary N) is 1. The van der Waals surface area contributed by atoms with Gasteiger partial charge in [-0.2, -0.15) is 11.8 Å². The van der Waals surface area contributed by atoms with Gasteiger partial charge in [-0.15, -0.1) is 0 Å². The molecule has 1 heterocycles. The number of carbonyl (C=O) groups excluding carboxylic acids is 1. The van der Waals surface area contributed by atoms with Crippen molar-refractivity contribution in [2.45, 2.75) is 31.7 Å². The maximum Gasteiger partial charge on any atom is 0.319 e. The van der Waals surface area contributed by atoms with Crippen LogP contribution in [0, 0.1) is 0 Å². The summed E-state index contributed by atoms with van der Waals surface area (Å²) in [5.41, 5.74) is 0. The Morgan fingerprint density at radius 3 is 2.56 bits per heavy atom. The Balaban J connectivity index is 2.10. The van der Waals surface area contributed by atoms with Crippen molar-refractivity contribution >= 4 is 17.8 Å². The highest BCUT2D eigenvalue weighted by Crippen LogP contribution is 2.11. The molecule has 4 nitrogen and oxygen atoms in total. The van der Waals surface area contributed by atoms with Crippen LogP contribution < -0.4 is 5.32 Å². The van der Waals surface area contributed by atoms with Crippen LogP contribution in [0.5, 0.6) is 0 Å². The minimum Gasteiger partial charge on any atom is -0.331 e. The highest BCUT2D eigenvalue weighted by atomic mass is 32.2. The van der Waals surface area contributed by atoms with E-state index in [0.717, 1.165) is 32.5 Å². The first-order chi connectivity index (χ1) is 8.65. The van der Waals surface area contributed by atoms with Crippen molar-refractivity contribution < 1.29 is 4.79 Å². The Kier molecular flexibility index (Phi) is 7.51. The number of hydrogen-bond donors (Lipinski definition) is 1. The highest BCUT2D eigenvalue weighted by molar-refractivity contribution is 7.98. The van der Waals surface area contributed by atoms with Gasteiger partial charge in [-0.1, -0.05) is 0 Å². The number of amides is 2. The van der Waals surface area contributed by atoms with E-state index in [1.54, 1.807) is 4.90 Å². The number of hydrogen-bond acceptors (Lipinski definition) is 3. The minimum absolute atomic E-state index is 0.147. The van der Waals surface area contributed by atoms with Crippen LogP contribution in [0.15, 0.2) is 0 Å². The van der Waals surface area contributed by atoms with Gasteiger partial charge in [0.2, 0.25) is 0 Å². The van der Waals surface area contributed by atoms with Crippen molar-refractivity contribution in [3.63, 3.8) is 0 Å². The van der Waals surface area contributed by atoms with Gasteiger partial charge in [0.15, 0.2) is 0 Å². The summed E-state index contributed by atoms with van der Waals surface area (Å²) in [5, 5.41) is 3.61. The first kappa shape index (κ1) is 15.6. The molecule has 0 aromatic heterocycles.